The van der Waals surface area contributed by atoms with Crippen molar-refractivity contribution in [1.82, 2.24) is 10.6 Å². The number of piperazine rings is 1. The highest BCUT2D eigenvalue weighted by molar-refractivity contribution is 5.94. The predicted molar refractivity (Wildman–Crippen MR) is 88.2 cm³/mol. The quantitative estimate of drug-likeness (QED) is 0.561. The summed E-state index contributed by atoms with van der Waals surface area (Å²) in [5.74, 6) is -2.23. The van der Waals surface area contributed by atoms with E-state index in [0.29, 0.717) is 12.2 Å². The number of benzene rings is 1. The molecule has 0 atom stereocenters. The molecule has 7 nitrogen and oxygen atoms in total. The van der Waals surface area contributed by atoms with Gasteiger partial charge in [-0.25, -0.2) is 9.59 Å². The Hall–Kier alpha value is -1.96. The van der Waals surface area contributed by atoms with Crippen LogP contribution in [0.5, 0.6) is 0 Å². The Morgan fingerprint density at radius 2 is 1.52 bits per heavy atom. The molecule has 1 aromatic rings. The number of carboxylic acid groups (broad SMARTS) is 2. The molecule has 0 amide bonds. The molecular formula is C16H26N2O5. The molecule has 23 heavy (non-hydrogen) atoms. The number of aromatic carboxylic acids is 2. The van der Waals surface area contributed by atoms with Crippen molar-refractivity contribution in [1.29, 1.82) is 0 Å². The third-order valence-electron chi connectivity index (χ3n) is 2.90. The van der Waals surface area contributed by atoms with Gasteiger partial charge in [0.2, 0.25) is 0 Å². The maximum Gasteiger partial charge on any atom is 0.335 e. The van der Waals surface area contributed by atoms with Gasteiger partial charge in [0.15, 0.2) is 0 Å². The number of rotatable bonds is 3. The Bertz CT molecular complexity index is 474. The summed E-state index contributed by atoms with van der Waals surface area (Å²) in [5, 5.41) is 31.6. The average molecular weight is 326 g/mol. The first kappa shape index (κ1) is 21.0. The molecule has 0 radical (unpaired) electrons. The second-order valence-corrected chi connectivity index (χ2v) is 4.86. The molecule has 0 bridgehead atoms. The summed E-state index contributed by atoms with van der Waals surface area (Å²) in [4.78, 5) is 21.1. The third kappa shape index (κ3) is 9.62. The minimum Gasteiger partial charge on any atom is -0.478 e. The van der Waals surface area contributed by atoms with E-state index >= 15 is 0 Å². The van der Waals surface area contributed by atoms with Crippen molar-refractivity contribution in [3.63, 3.8) is 0 Å². The fraction of sp³-hybridized carbons (Fsp3) is 0.500. The maximum absolute atomic E-state index is 10.6. The highest BCUT2D eigenvalue weighted by Gasteiger charge is 2.10. The fourth-order valence-corrected chi connectivity index (χ4v) is 1.59. The van der Waals surface area contributed by atoms with Crippen LogP contribution in [-0.4, -0.2) is 60.0 Å². The van der Waals surface area contributed by atoms with E-state index in [1.54, 1.807) is 6.92 Å². The largest absolute Gasteiger partial charge is 0.478 e. The third-order valence-corrected chi connectivity index (χ3v) is 2.90. The van der Waals surface area contributed by atoms with E-state index in [2.05, 4.69) is 10.6 Å². The van der Waals surface area contributed by atoms with E-state index in [4.69, 9.17) is 15.3 Å². The van der Waals surface area contributed by atoms with E-state index in [9.17, 15) is 9.59 Å². The van der Waals surface area contributed by atoms with E-state index in [1.807, 2.05) is 6.92 Å². The molecule has 1 aliphatic rings. The van der Waals surface area contributed by atoms with Gasteiger partial charge >= 0.3 is 11.9 Å². The molecule has 0 aromatic heterocycles. The number of carboxylic acids is 2. The Labute approximate surface area is 136 Å². The van der Waals surface area contributed by atoms with Gasteiger partial charge in [0, 0.05) is 32.8 Å². The topological polar surface area (TPSA) is 119 Å². The number of aliphatic hydroxyl groups is 1. The first-order valence-corrected chi connectivity index (χ1v) is 7.53. The molecule has 2 rings (SSSR count). The highest BCUT2D eigenvalue weighted by atomic mass is 16.4. The molecule has 5 N–H and O–H groups in total. The Morgan fingerprint density at radius 1 is 1.04 bits per heavy atom. The molecule has 0 spiro atoms. The zero-order chi connectivity index (χ0) is 17.7. The number of aryl methyl sites for hydroxylation is 1. The second kappa shape index (κ2) is 12.6. The van der Waals surface area contributed by atoms with Crippen LogP contribution in [0.25, 0.3) is 0 Å². The van der Waals surface area contributed by atoms with Crippen molar-refractivity contribution in [2.75, 3.05) is 32.8 Å². The molecule has 0 saturated carbocycles. The van der Waals surface area contributed by atoms with Gasteiger partial charge < -0.3 is 26.0 Å². The Morgan fingerprint density at radius 3 is 1.83 bits per heavy atom. The standard InChI is InChI=1S/C9H8O4.C4H10N2.C3H8O/c1-5-2-3-6(8(10)11)4-7(5)9(12)13;1-2-6-4-3-5-1;1-2-3-4/h2-4H,1H3,(H,10,11)(H,12,13);5-6H,1-4H2;4H,2-3H2,1H3. The van der Waals surface area contributed by atoms with Gasteiger partial charge in [-0.2, -0.15) is 0 Å². The number of nitrogens with one attached hydrogen (secondary N) is 2. The lowest BCUT2D eigenvalue weighted by Crippen LogP contribution is -2.39. The second-order valence-electron chi connectivity index (χ2n) is 4.86. The van der Waals surface area contributed by atoms with Gasteiger partial charge in [0.1, 0.15) is 0 Å². The van der Waals surface area contributed by atoms with Crippen LogP contribution in [0.3, 0.4) is 0 Å². The van der Waals surface area contributed by atoms with Gasteiger partial charge in [-0.3, -0.25) is 0 Å². The molecule has 130 valence electrons. The van der Waals surface area contributed by atoms with Crippen molar-refractivity contribution < 1.29 is 24.9 Å². The molecule has 1 fully saturated rings. The summed E-state index contributed by atoms with van der Waals surface area (Å²) in [5.41, 5.74) is 0.570. The summed E-state index contributed by atoms with van der Waals surface area (Å²) >= 11 is 0. The molecule has 1 aromatic carbocycles. The Kier molecular flexibility index (Phi) is 11.5. The van der Waals surface area contributed by atoms with Gasteiger partial charge in [0.05, 0.1) is 11.1 Å². The monoisotopic (exact) mass is 326 g/mol. The van der Waals surface area contributed by atoms with Crippen LogP contribution in [0.1, 0.15) is 39.6 Å². The predicted octanol–water partition coefficient (Wildman–Crippen LogP) is 0.959. The average Bonchev–Trinajstić information content (AvgIpc) is 2.57. The summed E-state index contributed by atoms with van der Waals surface area (Å²) in [6.07, 6.45) is 0.875. The lowest BCUT2D eigenvalue weighted by molar-refractivity contribution is 0.0695. The van der Waals surface area contributed by atoms with E-state index in [1.165, 1.54) is 12.1 Å². The maximum atomic E-state index is 10.6. The molecule has 7 heteroatoms. The van der Waals surface area contributed by atoms with Crippen molar-refractivity contribution in [2.24, 2.45) is 0 Å². The van der Waals surface area contributed by atoms with Gasteiger partial charge in [-0.15, -0.1) is 0 Å². The summed E-state index contributed by atoms with van der Waals surface area (Å²) in [6.45, 7) is 8.43. The van der Waals surface area contributed by atoms with Crippen LogP contribution in [0, 0.1) is 6.92 Å². The van der Waals surface area contributed by atoms with Gasteiger partial charge in [-0.05, 0) is 31.0 Å². The number of hydrogen-bond acceptors (Lipinski definition) is 5. The normalized spacial score (nSPS) is 13.0. The van der Waals surface area contributed by atoms with Crippen LogP contribution < -0.4 is 10.6 Å². The number of aliphatic hydroxyl groups excluding tert-OH is 1. The van der Waals surface area contributed by atoms with Crippen molar-refractivity contribution in [3.05, 3.63) is 34.9 Å². The summed E-state index contributed by atoms with van der Waals surface area (Å²) < 4.78 is 0. The van der Waals surface area contributed by atoms with Crippen LogP contribution in [0.4, 0.5) is 0 Å². The highest BCUT2D eigenvalue weighted by Crippen LogP contribution is 2.11. The first-order chi connectivity index (χ1) is 10.9. The van der Waals surface area contributed by atoms with Crippen LogP contribution >= 0.6 is 0 Å². The molecule has 1 saturated heterocycles. The zero-order valence-electron chi connectivity index (χ0n) is 13.6. The molecular weight excluding hydrogens is 300 g/mol. The SMILES string of the molecule is C1CNCCN1.CCCO.Cc1ccc(C(=O)O)cc1C(=O)O. The van der Waals surface area contributed by atoms with Gasteiger partial charge in [-0.1, -0.05) is 13.0 Å². The van der Waals surface area contributed by atoms with Crippen LogP contribution in [-0.2, 0) is 0 Å². The van der Waals surface area contributed by atoms with E-state index < -0.39 is 11.9 Å². The smallest absolute Gasteiger partial charge is 0.335 e. The van der Waals surface area contributed by atoms with Crippen LogP contribution in [0.2, 0.25) is 0 Å². The lowest BCUT2D eigenvalue weighted by Gasteiger charge is -2.11. The summed E-state index contributed by atoms with van der Waals surface area (Å²) in [7, 11) is 0. The number of carbonyl (C=O) groups is 2. The van der Waals surface area contributed by atoms with Gasteiger partial charge in [0.25, 0.3) is 0 Å². The molecule has 1 aliphatic heterocycles. The van der Waals surface area contributed by atoms with E-state index in [0.717, 1.165) is 38.7 Å². The molecule has 0 aliphatic carbocycles. The molecule has 1 heterocycles. The molecule has 0 unspecified atom stereocenters. The van der Waals surface area contributed by atoms with E-state index in [-0.39, 0.29) is 11.1 Å². The van der Waals surface area contributed by atoms with Crippen molar-refractivity contribution in [3.8, 4) is 0 Å². The Balaban J connectivity index is 0.000000398. The number of hydrogen-bond donors (Lipinski definition) is 5. The minimum atomic E-state index is -1.12. The fourth-order valence-electron chi connectivity index (χ4n) is 1.59. The van der Waals surface area contributed by atoms with Crippen molar-refractivity contribution in [2.45, 2.75) is 20.3 Å². The van der Waals surface area contributed by atoms with Crippen LogP contribution in [0.15, 0.2) is 18.2 Å². The lowest BCUT2D eigenvalue weighted by atomic mass is 10.1. The summed E-state index contributed by atoms with van der Waals surface area (Å²) in [6, 6.07) is 4.01. The zero-order valence-corrected chi connectivity index (χ0v) is 13.6. The minimum absolute atomic E-state index is 0.0111. The first-order valence-electron chi connectivity index (χ1n) is 7.53. The van der Waals surface area contributed by atoms with Crippen molar-refractivity contribution >= 4 is 11.9 Å².